The summed E-state index contributed by atoms with van der Waals surface area (Å²) in [5.41, 5.74) is 8.52. The summed E-state index contributed by atoms with van der Waals surface area (Å²) in [5.74, 6) is 0.407. The quantitative estimate of drug-likeness (QED) is 0.664. The third-order valence-corrected chi connectivity index (χ3v) is 5.36. The molecule has 0 fully saturated rings. The molecule has 0 atom stereocenters. The molecule has 0 saturated carbocycles. The Balaban J connectivity index is 1.84. The van der Waals surface area contributed by atoms with E-state index in [4.69, 9.17) is 10.5 Å². The fourth-order valence-corrected chi connectivity index (χ4v) is 3.37. The molecule has 2 aromatic carbocycles. The summed E-state index contributed by atoms with van der Waals surface area (Å²) in [4.78, 5) is 24.1. The summed E-state index contributed by atoms with van der Waals surface area (Å²) in [5, 5.41) is 2.93. The van der Waals surface area contributed by atoms with E-state index in [-0.39, 0.29) is 17.9 Å². The lowest BCUT2D eigenvalue weighted by Crippen LogP contribution is -2.24. The number of carbonyl (C=O) groups excluding carboxylic acids is 2. The van der Waals surface area contributed by atoms with Crippen molar-refractivity contribution in [1.29, 1.82) is 0 Å². The second-order valence-corrected chi connectivity index (χ2v) is 8.71. The minimum atomic E-state index is -0.517. The lowest BCUT2D eigenvalue weighted by molar-refractivity contribution is -0.120. The molecule has 0 radical (unpaired) electrons. The smallest absolute Gasteiger partial charge is 0.255 e. The molecule has 0 aromatic heterocycles. The molecule has 6 heteroatoms. The fraction of sp³-hybridized carbons (Fsp3) is 0.364. The highest BCUT2D eigenvalue weighted by Gasteiger charge is 2.15. The summed E-state index contributed by atoms with van der Waals surface area (Å²) < 4.78 is 5.21. The minimum Gasteiger partial charge on any atom is -0.484 e. The van der Waals surface area contributed by atoms with Gasteiger partial charge in [0, 0.05) is 11.4 Å². The number of nitrogens with one attached hydrogen (secondary N) is 1. The number of thioether (sulfide) groups is 1. The lowest BCUT2D eigenvalue weighted by Gasteiger charge is -2.20. The van der Waals surface area contributed by atoms with Gasteiger partial charge >= 0.3 is 0 Å². The van der Waals surface area contributed by atoms with E-state index in [1.54, 1.807) is 23.9 Å². The zero-order chi connectivity index (χ0) is 20.7. The van der Waals surface area contributed by atoms with Crippen LogP contribution in [0, 0.1) is 6.92 Å². The second-order valence-electron chi connectivity index (χ2n) is 7.69. The van der Waals surface area contributed by atoms with Crippen LogP contribution in [0.3, 0.4) is 0 Å². The molecular weight excluding hydrogens is 372 g/mol. The van der Waals surface area contributed by atoms with Gasteiger partial charge in [-0.3, -0.25) is 9.59 Å². The summed E-state index contributed by atoms with van der Waals surface area (Å²) in [6.07, 6.45) is 0. The van der Waals surface area contributed by atoms with Gasteiger partial charge in [-0.15, -0.1) is 11.8 Å². The minimum absolute atomic E-state index is 0.0142. The molecule has 28 heavy (non-hydrogen) atoms. The normalized spacial score (nSPS) is 11.1. The molecule has 2 rings (SSSR count). The number of hydrogen-bond donors (Lipinski definition) is 2. The van der Waals surface area contributed by atoms with Gasteiger partial charge in [0.25, 0.3) is 5.91 Å². The zero-order valence-corrected chi connectivity index (χ0v) is 17.7. The first-order valence-corrected chi connectivity index (χ1v) is 10.1. The molecule has 0 aliphatic heterocycles. The number of benzene rings is 2. The first-order chi connectivity index (χ1) is 13.1. The van der Waals surface area contributed by atoms with Crippen molar-refractivity contribution in [1.82, 2.24) is 5.32 Å². The monoisotopic (exact) mass is 400 g/mol. The van der Waals surface area contributed by atoms with Gasteiger partial charge in [0.15, 0.2) is 6.61 Å². The summed E-state index contributed by atoms with van der Waals surface area (Å²) >= 11 is 1.56. The molecule has 0 aliphatic rings. The average molecular weight is 401 g/mol. The summed E-state index contributed by atoms with van der Waals surface area (Å²) in [6, 6.07) is 13.6. The van der Waals surface area contributed by atoms with Crippen LogP contribution < -0.4 is 15.8 Å². The van der Waals surface area contributed by atoms with Gasteiger partial charge in [0.05, 0.1) is 5.75 Å². The Morgan fingerprint density at radius 1 is 1.11 bits per heavy atom. The fourth-order valence-electron chi connectivity index (χ4n) is 2.48. The van der Waals surface area contributed by atoms with Crippen LogP contribution in [-0.4, -0.2) is 24.2 Å². The lowest BCUT2D eigenvalue weighted by atomic mass is 9.87. The van der Waals surface area contributed by atoms with Crippen LogP contribution in [0.25, 0.3) is 0 Å². The molecule has 2 amide bonds. The predicted molar refractivity (Wildman–Crippen MR) is 114 cm³/mol. The van der Waals surface area contributed by atoms with Gasteiger partial charge in [0.1, 0.15) is 5.75 Å². The van der Waals surface area contributed by atoms with Crippen LogP contribution in [0.1, 0.15) is 37.5 Å². The maximum Gasteiger partial charge on any atom is 0.255 e. The van der Waals surface area contributed by atoms with E-state index in [0.29, 0.717) is 18.0 Å². The van der Waals surface area contributed by atoms with Gasteiger partial charge in [-0.1, -0.05) is 45.0 Å². The topological polar surface area (TPSA) is 81.4 Å². The molecule has 0 saturated heterocycles. The molecule has 0 bridgehead atoms. The van der Waals surface area contributed by atoms with E-state index in [2.05, 4.69) is 51.2 Å². The van der Waals surface area contributed by atoms with Gasteiger partial charge in [-0.25, -0.2) is 0 Å². The number of carbonyl (C=O) groups is 2. The van der Waals surface area contributed by atoms with E-state index in [1.165, 1.54) is 11.1 Å². The van der Waals surface area contributed by atoms with Crippen molar-refractivity contribution in [3.63, 3.8) is 0 Å². The third-order valence-electron chi connectivity index (χ3n) is 4.21. The van der Waals surface area contributed by atoms with Gasteiger partial charge in [0.2, 0.25) is 5.91 Å². The van der Waals surface area contributed by atoms with E-state index in [9.17, 15) is 9.59 Å². The van der Waals surface area contributed by atoms with Crippen molar-refractivity contribution in [2.75, 3.05) is 12.4 Å². The molecule has 0 heterocycles. The highest BCUT2D eigenvalue weighted by Crippen LogP contribution is 2.29. The number of nitrogens with two attached hydrogens (primary N) is 1. The Labute approximate surface area is 171 Å². The van der Waals surface area contributed by atoms with Crippen LogP contribution in [0.15, 0.2) is 47.4 Å². The largest absolute Gasteiger partial charge is 0.484 e. The van der Waals surface area contributed by atoms with Crippen molar-refractivity contribution >= 4 is 23.6 Å². The summed E-state index contributed by atoms with van der Waals surface area (Å²) in [6.45, 7) is 8.91. The second kappa shape index (κ2) is 9.64. The molecule has 0 aliphatic carbocycles. The maximum atomic E-state index is 12.2. The van der Waals surface area contributed by atoms with E-state index in [0.717, 1.165) is 10.5 Å². The number of hydrogen-bond acceptors (Lipinski definition) is 4. The molecular formula is C22H28N2O3S. The van der Waals surface area contributed by atoms with Crippen molar-refractivity contribution in [3.8, 4) is 5.75 Å². The van der Waals surface area contributed by atoms with Gasteiger partial charge in [-0.05, 0) is 47.2 Å². The third kappa shape index (κ3) is 6.93. The van der Waals surface area contributed by atoms with Gasteiger partial charge in [-0.2, -0.15) is 0 Å². The standard InChI is InChI=1S/C22H28N2O3S/c1-15-5-8-17(22(2,3)4)11-19(15)28-14-21(26)24-12-16-6-9-18(10-7-16)27-13-20(23)25/h5-11H,12-14H2,1-4H3,(H2,23,25)(H,24,26). The molecule has 150 valence electrons. The zero-order valence-electron chi connectivity index (χ0n) is 16.9. The first-order valence-electron chi connectivity index (χ1n) is 9.16. The van der Waals surface area contributed by atoms with E-state index in [1.807, 2.05) is 12.1 Å². The number of aryl methyl sites for hydroxylation is 1. The Bertz CT molecular complexity index is 827. The van der Waals surface area contributed by atoms with Crippen LogP contribution in [0.5, 0.6) is 5.75 Å². The van der Waals surface area contributed by atoms with Crippen molar-refractivity contribution < 1.29 is 14.3 Å². The number of amides is 2. The molecule has 0 spiro atoms. The Morgan fingerprint density at radius 2 is 1.79 bits per heavy atom. The molecule has 0 unspecified atom stereocenters. The molecule has 3 N–H and O–H groups in total. The van der Waals surface area contributed by atoms with Gasteiger partial charge < -0.3 is 15.8 Å². The van der Waals surface area contributed by atoms with E-state index < -0.39 is 5.91 Å². The number of rotatable bonds is 8. The highest BCUT2D eigenvalue weighted by molar-refractivity contribution is 8.00. The average Bonchev–Trinajstić information content (AvgIpc) is 2.63. The predicted octanol–water partition coefficient (Wildman–Crippen LogP) is 3.57. The molecule has 2 aromatic rings. The van der Waals surface area contributed by atoms with Crippen molar-refractivity contribution in [2.24, 2.45) is 5.73 Å². The van der Waals surface area contributed by atoms with Crippen LogP contribution >= 0.6 is 11.8 Å². The Morgan fingerprint density at radius 3 is 2.39 bits per heavy atom. The Kier molecular flexibility index (Phi) is 7.52. The van der Waals surface area contributed by atoms with Crippen molar-refractivity contribution in [2.45, 2.75) is 44.6 Å². The molecule has 5 nitrogen and oxygen atoms in total. The van der Waals surface area contributed by atoms with Crippen LogP contribution in [0.4, 0.5) is 0 Å². The van der Waals surface area contributed by atoms with Crippen LogP contribution in [0.2, 0.25) is 0 Å². The van der Waals surface area contributed by atoms with Crippen molar-refractivity contribution in [3.05, 3.63) is 59.2 Å². The van der Waals surface area contributed by atoms with Crippen LogP contribution in [-0.2, 0) is 21.5 Å². The Hall–Kier alpha value is -2.47. The SMILES string of the molecule is Cc1ccc(C(C)(C)C)cc1SCC(=O)NCc1ccc(OCC(N)=O)cc1. The maximum absolute atomic E-state index is 12.2. The summed E-state index contributed by atoms with van der Waals surface area (Å²) in [7, 11) is 0. The number of primary amides is 1. The highest BCUT2D eigenvalue weighted by atomic mass is 32.2. The van der Waals surface area contributed by atoms with E-state index >= 15 is 0 Å². The first kappa shape index (κ1) is 21.8. The number of ether oxygens (including phenoxy) is 1.